The maximum atomic E-state index is 11.8. The van der Waals surface area contributed by atoms with Gasteiger partial charge in [0.2, 0.25) is 0 Å². The van der Waals surface area contributed by atoms with E-state index in [0.717, 1.165) is 12.8 Å². The van der Waals surface area contributed by atoms with Crippen molar-refractivity contribution < 1.29 is 19.1 Å². The minimum Gasteiger partial charge on any atom is -0.452 e. The summed E-state index contributed by atoms with van der Waals surface area (Å²) in [7, 11) is 0. The lowest BCUT2D eigenvalue weighted by atomic mass is 10.2. The van der Waals surface area contributed by atoms with Gasteiger partial charge in [0.05, 0.1) is 5.56 Å². The second kappa shape index (κ2) is 8.89. The molecule has 0 bridgehead atoms. The van der Waals surface area contributed by atoms with E-state index in [-0.39, 0.29) is 11.3 Å². The first-order valence-corrected chi connectivity index (χ1v) is 7.11. The van der Waals surface area contributed by atoms with Crippen LogP contribution in [0.3, 0.4) is 0 Å². The second-order valence-electron chi connectivity index (χ2n) is 4.47. The van der Waals surface area contributed by atoms with Crippen LogP contribution in [0.4, 0.5) is 10.5 Å². The van der Waals surface area contributed by atoms with Gasteiger partial charge >= 0.3 is 12.0 Å². The van der Waals surface area contributed by atoms with E-state index in [1.165, 1.54) is 18.2 Å². The number of nitrogens with two attached hydrogens (primary N) is 1. The highest BCUT2D eigenvalue weighted by Crippen LogP contribution is 2.18. The van der Waals surface area contributed by atoms with E-state index >= 15 is 0 Å². The zero-order valence-electron chi connectivity index (χ0n) is 12.1. The van der Waals surface area contributed by atoms with Gasteiger partial charge in [-0.05, 0) is 24.6 Å². The number of halogens is 1. The summed E-state index contributed by atoms with van der Waals surface area (Å²) < 4.78 is 4.78. The quantitative estimate of drug-likeness (QED) is 0.418. The van der Waals surface area contributed by atoms with Crippen LogP contribution in [0, 0.1) is 0 Å². The summed E-state index contributed by atoms with van der Waals surface area (Å²) >= 11 is 5.76. The van der Waals surface area contributed by atoms with E-state index in [1.54, 1.807) is 0 Å². The molecule has 8 heteroatoms. The smallest absolute Gasteiger partial charge is 0.340 e. The lowest BCUT2D eigenvalue weighted by Gasteiger charge is -2.08. The highest BCUT2D eigenvalue weighted by Gasteiger charge is 2.15. The van der Waals surface area contributed by atoms with Gasteiger partial charge < -0.3 is 15.8 Å². The number of nitrogen functional groups attached to an aromatic ring is 1. The molecule has 0 atom stereocenters. The Morgan fingerprint density at radius 1 is 1.32 bits per heavy atom. The Morgan fingerprint density at radius 3 is 2.73 bits per heavy atom. The molecule has 0 spiro atoms. The molecule has 0 aliphatic rings. The van der Waals surface area contributed by atoms with Crippen LogP contribution in [-0.4, -0.2) is 31.1 Å². The number of urea groups is 1. The highest BCUT2D eigenvalue weighted by molar-refractivity contribution is 6.31. The van der Waals surface area contributed by atoms with E-state index in [4.69, 9.17) is 22.1 Å². The minimum absolute atomic E-state index is 0.0627. The van der Waals surface area contributed by atoms with Crippen LogP contribution < -0.4 is 16.4 Å². The summed E-state index contributed by atoms with van der Waals surface area (Å²) in [5.74, 6) is -1.52. The number of ether oxygens (including phenoxy) is 1. The Balaban J connectivity index is 2.42. The molecule has 0 saturated heterocycles. The fraction of sp³-hybridized carbons (Fsp3) is 0.357. The van der Waals surface area contributed by atoms with Crippen molar-refractivity contribution in [2.45, 2.75) is 19.8 Å². The number of carbonyl (C=O) groups excluding carboxylic acids is 3. The fourth-order valence-electron chi connectivity index (χ4n) is 1.50. The monoisotopic (exact) mass is 327 g/mol. The van der Waals surface area contributed by atoms with Gasteiger partial charge in [-0.25, -0.2) is 9.59 Å². The Labute approximate surface area is 133 Å². The van der Waals surface area contributed by atoms with Crippen molar-refractivity contribution in [2.75, 3.05) is 18.9 Å². The first kappa shape index (κ1) is 17.8. The van der Waals surface area contributed by atoms with Gasteiger partial charge in [0, 0.05) is 17.3 Å². The number of imide groups is 1. The third-order valence-electron chi connectivity index (χ3n) is 2.64. The number of rotatable bonds is 6. The number of nitrogens with one attached hydrogen (secondary N) is 2. The molecule has 0 radical (unpaired) electrons. The number of unbranched alkanes of at least 4 members (excludes halogenated alkanes) is 1. The van der Waals surface area contributed by atoms with Crippen LogP contribution in [0.1, 0.15) is 30.1 Å². The first-order chi connectivity index (χ1) is 10.4. The summed E-state index contributed by atoms with van der Waals surface area (Å²) in [6.45, 7) is 1.85. The summed E-state index contributed by atoms with van der Waals surface area (Å²) in [6, 6.07) is 3.70. The topological polar surface area (TPSA) is 111 Å². The molecule has 7 nitrogen and oxygen atoms in total. The van der Waals surface area contributed by atoms with Crippen molar-refractivity contribution in [3.8, 4) is 0 Å². The van der Waals surface area contributed by atoms with Crippen molar-refractivity contribution in [3.05, 3.63) is 28.8 Å². The third kappa shape index (κ3) is 6.01. The van der Waals surface area contributed by atoms with Crippen LogP contribution in [0.25, 0.3) is 0 Å². The van der Waals surface area contributed by atoms with Gasteiger partial charge in [-0.15, -0.1) is 0 Å². The molecule has 1 aromatic carbocycles. The van der Waals surface area contributed by atoms with Crippen molar-refractivity contribution in [3.63, 3.8) is 0 Å². The summed E-state index contributed by atoms with van der Waals surface area (Å²) in [6.07, 6.45) is 1.73. The van der Waals surface area contributed by atoms with E-state index in [0.29, 0.717) is 11.6 Å². The average molecular weight is 328 g/mol. The van der Waals surface area contributed by atoms with Crippen molar-refractivity contribution in [1.82, 2.24) is 10.6 Å². The Morgan fingerprint density at radius 2 is 2.05 bits per heavy atom. The molecule has 0 unspecified atom stereocenters. The number of benzene rings is 1. The van der Waals surface area contributed by atoms with Crippen LogP contribution in [0.15, 0.2) is 18.2 Å². The Bertz CT molecular complexity index is 563. The second-order valence-corrected chi connectivity index (χ2v) is 4.90. The largest absolute Gasteiger partial charge is 0.452 e. The maximum absolute atomic E-state index is 11.8. The number of carbonyl (C=O) groups is 3. The Kier molecular flexibility index (Phi) is 7.18. The first-order valence-electron chi connectivity index (χ1n) is 6.74. The summed E-state index contributed by atoms with van der Waals surface area (Å²) in [5.41, 5.74) is 5.87. The van der Waals surface area contributed by atoms with Gasteiger partial charge in [-0.3, -0.25) is 10.1 Å². The lowest BCUT2D eigenvalue weighted by molar-refractivity contribution is -0.123. The number of esters is 1. The van der Waals surface area contributed by atoms with Gasteiger partial charge in [0.15, 0.2) is 6.61 Å². The highest BCUT2D eigenvalue weighted by atomic mass is 35.5. The third-order valence-corrected chi connectivity index (χ3v) is 2.87. The number of hydrogen-bond donors (Lipinski definition) is 3. The van der Waals surface area contributed by atoms with Crippen LogP contribution in [-0.2, 0) is 9.53 Å². The molecule has 1 aromatic rings. The number of amides is 3. The van der Waals surface area contributed by atoms with Crippen molar-refractivity contribution >= 4 is 35.2 Å². The molecule has 120 valence electrons. The van der Waals surface area contributed by atoms with Crippen molar-refractivity contribution in [1.29, 1.82) is 0 Å². The lowest BCUT2D eigenvalue weighted by Crippen LogP contribution is -2.41. The van der Waals surface area contributed by atoms with Gasteiger partial charge in [0.25, 0.3) is 5.91 Å². The molecule has 4 N–H and O–H groups in total. The van der Waals surface area contributed by atoms with Crippen LogP contribution in [0.2, 0.25) is 5.02 Å². The van der Waals surface area contributed by atoms with Crippen LogP contribution in [0.5, 0.6) is 0 Å². The normalized spacial score (nSPS) is 9.91. The van der Waals surface area contributed by atoms with Crippen molar-refractivity contribution in [2.24, 2.45) is 0 Å². The minimum atomic E-state index is -0.790. The molecule has 0 heterocycles. The van der Waals surface area contributed by atoms with Gasteiger partial charge in [-0.1, -0.05) is 24.9 Å². The number of hydrogen-bond acceptors (Lipinski definition) is 5. The maximum Gasteiger partial charge on any atom is 0.340 e. The molecule has 0 aliphatic carbocycles. The van der Waals surface area contributed by atoms with Gasteiger partial charge in [-0.2, -0.15) is 0 Å². The molecule has 0 aromatic heterocycles. The zero-order valence-corrected chi connectivity index (χ0v) is 12.9. The molecule has 0 fully saturated rings. The summed E-state index contributed by atoms with van der Waals surface area (Å²) in [5, 5.41) is 4.87. The van der Waals surface area contributed by atoms with E-state index in [9.17, 15) is 14.4 Å². The molecule has 22 heavy (non-hydrogen) atoms. The van der Waals surface area contributed by atoms with E-state index in [1.807, 2.05) is 12.2 Å². The number of anilines is 1. The molecular formula is C14H18ClN3O4. The van der Waals surface area contributed by atoms with E-state index < -0.39 is 24.5 Å². The van der Waals surface area contributed by atoms with Crippen LogP contribution >= 0.6 is 11.6 Å². The molecule has 3 amide bonds. The van der Waals surface area contributed by atoms with Gasteiger partial charge in [0.1, 0.15) is 0 Å². The molecule has 1 rings (SSSR count). The standard InChI is InChI=1S/C14H18ClN3O4/c1-2-3-6-17-14(21)18-12(19)8-22-13(20)10-7-9(15)4-5-11(10)16/h4-5,7H,2-3,6,8,16H2,1H3,(H2,17,18,19,21). The SMILES string of the molecule is CCCCNC(=O)NC(=O)COC(=O)c1cc(Cl)ccc1N. The molecule has 0 aliphatic heterocycles. The van der Waals surface area contributed by atoms with E-state index in [2.05, 4.69) is 5.32 Å². The molecular weight excluding hydrogens is 310 g/mol. The molecule has 0 saturated carbocycles. The predicted octanol–water partition coefficient (Wildman–Crippen LogP) is 1.70. The average Bonchev–Trinajstić information content (AvgIpc) is 2.47. The Hall–Kier alpha value is -2.28. The predicted molar refractivity (Wildman–Crippen MR) is 82.6 cm³/mol. The summed E-state index contributed by atoms with van der Waals surface area (Å²) in [4.78, 5) is 34.6. The fourth-order valence-corrected chi connectivity index (χ4v) is 1.67. The zero-order chi connectivity index (χ0) is 16.5.